The van der Waals surface area contributed by atoms with Crippen molar-refractivity contribution in [2.24, 2.45) is 5.92 Å². The van der Waals surface area contributed by atoms with E-state index in [2.05, 4.69) is 0 Å². The van der Waals surface area contributed by atoms with Crippen LogP contribution in [0.4, 0.5) is 0 Å². The van der Waals surface area contributed by atoms with Gasteiger partial charge in [-0.3, -0.25) is 0 Å². The molecular formula is C15H18N2O2S. The zero-order chi connectivity index (χ0) is 14.2. The van der Waals surface area contributed by atoms with Crippen LogP contribution in [0.1, 0.15) is 37.7 Å². The number of nitrogens with zero attached hydrogens (tertiary/aromatic N) is 2. The summed E-state index contributed by atoms with van der Waals surface area (Å²) >= 11 is 0. The Morgan fingerprint density at radius 2 is 1.90 bits per heavy atom. The molecule has 2 unspecified atom stereocenters. The average Bonchev–Trinajstić information content (AvgIpc) is 2.92. The van der Waals surface area contributed by atoms with E-state index in [1.807, 2.05) is 6.07 Å². The van der Waals surface area contributed by atoms with Gasteiger partial charge in [-0.25, -0.2) is 8.42 Å². The maximum Gasteiger partial charge on any atom is 0.244 e. The molecule has 0 bridgehead atoms. The first-order valence-electron chi connectivity index (χ1n) is 7.15. The number of nitriles is 1. The SMILES string of the molecule is N#Cc1ccccc1S(=O)(=O)N1CCC2CCCCC21. The third kappa shape index (κ3) is 2.13. The lowest BCUT2D eigenvalue weighted by Gasteiger charge is -2.31. The van der Waals surface area contributed by atoms with Gasteiger partial charge in [-0.15, -0.1) is 0 Å². The van der Waals surface area contributed by atoms with Crippen molar-refractivity contribution in [3.63, 3.8) is 0 Å². The minimum absolute atomic E-state index is 0.139. The fourth-order valence-electron chi connectivity index (χ4n) is 3.57. The van der Waals surface area contributed by atoms with Crippen molar-refractivity contribution in [2.45, 2.75) is 43.0 Å². The molecule has 0 radical (unpaired) electrons. The molecule has 1 aromatic carbocycles. The van der Waals surface area contributed by atoms with Gasteiger partial charge in [-0.2, -0.15) is 9.57 Å². The third-order valence-corrected chi connectivity index (χ3v) is 6.54. The van der Waals surface area contributed by atoms with E-state index >= 15 is 0 Å². The van der Waals surface area contributed by atoms with E-state index in [4.69, 9.17) is 5.26 Å². The molecule has 1 saturated heterocycles. The third-order valence-electron chi connectivity index (χ3n) is 4.55. The molecule has 106 valence electrons. The molecule has 3 rings (SSSR count). The van der Waals surface area contributed by atoms with Crippen molar-refractivity contribution in [1.29, 1.82) is 5.26 Å². The standard InChI is InChI=1S/C15H18N2O2S/c16-11-13-6-2-4-8-15(13)20(18,19)17-10-9-12-5-1-3-7-14(12)17/h2,4,6,8,12,14H,1,3,5,7,9-10H2. The Kier molecular flexibility index (Phi) is 3.53. The first-order valence-corrected chi connectivity index (χ1v) is 8.59. The maximum atomic E-state index is 12.8. The molecule has 0 amide bonds. The van der Waals surface area contributed by atoms with Gasteiger partial charge in [-0.05, 0) is 37.3 Å². The van der Waals surface area contributed by atoms with E-state index in [9.17, 15) is 8.42 Å². The Bertz CT molecular complexity index is 648. The van der Waals surface area contributed by atoms with Crippen molar-refractivity contribution < 1.29 is 8.42 Å². The Hall–Kier alpha value is -1.38. The summed E-state index contributed by atoms with van der Waals surface area (Å²) in [6.07, 6.45) is 5.37. The number of hydrogen-bond acceptors (Lipinski definition) is 3. The fraction of sp³-hybridized carbons (Fsp3) is 0.533. The molecule has 0 N–H and O–H groups in total. The van der Waals surface area contributed by atoms with Crippen LogP contribution in [-0.2, 0) is 10.0 Å². The largest absolute Gasteiger partial charge is 0.244 e. The molecule has 2 aliphatic rings. The van der Waals surface area contributed by atoms with E-state index in [0.29, 0.717) is 12.5 Å². The van der Waals surface area contributed by atoms with E-state index in [0.717, 1.165) is 25.7 Å². The van der Waals surface area contributed by atoms with Crippen molar-refractivity contribution in [3.8, 4) is 6.07 Å². The van der Waals surface area contributed by atoms with Gasteiger partial charge in [0.05, 0.1) is 10.5 Å². The monoisotopic (exact) mass is 290 g/mol. The molecule has 1 saturated carbocycles. The van der Waals surface area contributed by atoms with Crippen LogP contribution >= 0.6 is 0 Å². The van der Waals surface area contributed by atoms with Gasteiger partial charge in [0.2, 0.25) is 10.0 Å². The van der Waals surface area contributed by atoms with Crippen molar-refractivity contribution >= 4 is 10.0 Å². The van der Waals surface area contributed by atoms with Crippen LogP contribution in [0.3, 0.4) is 0 Å². The number of fused-ring (bicyclic) bond motifs is 1. The summed E-state index contributed by atoms with van der Waals surface area (Å²) in [5.74, 6) is 0.507. The maximum absolute atomic E-state index is 12.8. The van der Waals surface area contributed by atoms with Gasteiger partial charge in [0.15, 0.2) is 0 Å². The van der Waals surface area contributed by atoms with Crippen LogP contribution in [0.2, 0.25) is 0 Å². The predicted molar refractivity (Wildman–Crippen MR) is 75.4 cm³/mol. The number of benzene rings is 1. The molecule has 2 atom stereocenters. The highest BCUT2D eigenvalue weighted by atomic mass is 32.2. The van der Waals surface area contributed by atoms with Gasteiger partial charge >= 0.3 is 0 Å². The van der Waals surface area contributed by atoms with Gasteiger partial charge in [0.1, 0.15) is 6.07 Å². The molecule has 1 aromatic rings. The molecule has 1 aliphatic carbocycles. The average molecular weight is 290 g/mol. The Morgan fingerprint density at radius 3 is 2.70 bits per heavy atom. The summed E-state index contributed by atoms with van der Waals surface area (Å²) < 4.78 is 27.3. The zero-order valence-corrected chi connectivity index (χ0v) is 12.1. The topological polar surface area (TPSA) is 61.2 Å². The lowest BCUT2D eigenvalue weighted by molar-refractivity contribution is 0.260. The van der Waals surface area contributed by atoms with Crippen LogP contribution in [0.25, 0.3) is 0 Å². The van der Waals surface area contributed by atoms with E-state index in [1.54, 1.807) is 28.6 Å². The molecule has 20 heavy (non-hydrogen) atoms. The molecule has 0 spiro atoms. The minimum Gasteiger partial charge on any atom is -0.207 e. The lowest BCUT2D eigenvalue weighted by atomic mass is 9.86. The molecule has 5 heteroatoms. The highest BCUT2D eigenvalue weighted by Gasteiger charge is 2.42. The molecule has 4 nitrogen and oxygen atoms in total. The second-order valence-corrected chi connectivity index (χ2v) is 7.48. The molecule has 1 heterocycles. The van der Waals surface area contributed by atoms with Crippen LogP contribution in [0.5, 0.6) is 0 Å². The van der Waals surface area contributed by atoms with Gasteiger partial charge in [0.25, 0.3) is 0 Å². The Labute approximate surface area is 120 Å². The van der Waals surface area contributed by atoms with Crippen LogP contribution in [0, 0.1) is 17.2 Å². The van der Waals surface area contributed by atoms with Gasteiger partial charge in [0, 0.05) is 12.6 Å². The molecule has 2 fully saturated rings. The number of sulfonamides is 1. The first kappa shape index (κ1) is 13.6. The lowest BCUT2D eigenvalue weighted by Crippen LogP contribution is -2.39. The highest BCUT2D eigenvalue weighted by molar-refractivity contribution is 7.89. The minimum atomic E-state index is -3.54. The van der Waals surface area contributed by atoms with Gasteiger partial charge in [-0.1, -0.05) is 25.0 Å². The van der Waals surface area contributed by atoms with Gasteiger partial charge < -0.3 is 0 Å². The molecule has 1 aliphatic heterocycles. The van der Waals surface area contributed by atoms with E-state index in [1.165, 1.54) is 6.42 Å². The summed E-state index contributed by atoms with van der Waals surface area (Å²) in [6, 6.07) is 8.63. The quantitative estimate of drug-likeness (QED) is 0.840. The van der Waals surface area contributed by atoms with Crippen molar-refractivity contribution in [3.05, 3.63) is 29.8 Å². The highest BCUT2D eigenvalue weighted by Crippen LogP contribution is 2.39. The summed E-state index contributed by atoms with van der Waals surface area (Å²) in [5, 5.41) is 9.12. The second-order valence-electron chi connectivity index (χ2n) is 5.62. The van der Waals surface area contributed by atoms with Crippen LogP contribution in [0.15, 0.2) is 29.2 Å². The summed E-state index contributed by atoms with van der Waals surface area (Å²) in [4.78, 5) is 0.161. The van der Waals surface area contributed by atoms with Crippen molar-refractivity contribution in [2.75, 3.05) is 6.54 Å². The van der Waals surface area contributed by atoms with Crippen molar-refractivity contribution in [1.82, 2.24) is 4.31 Å². The van der Waals surface area contributed by atoms with Crippen LogP contribution in [-0.4, -0.2) is 25.3 Å². The summed E-state index contributed by atoms with van der Waals surface area (Å²) in [6.45, 7) is 0.595. The molecule has 0 aromatic heterocycles. The smallest absolute Gasteiger partial charge is 0.207 e. The van der Waals surface area contributed by atoms with E-state index in [-0.39, 0.29) is 16.5 Å². The first-order chi connectivity index (χ1) is 9.64. The number of rotatable bonds is 2. The zero-order valence-electron chi connectivity index (χ0n) is 11.3. The Morgan fingerprint density at radius 1 is 1.15 bits per heavy atom. The summed E-state index contributed by atoms with van der Waals surface area (Å²) in [5.41, 5.74) is 0.242. The van der Waals surface area contributed by atoms with Crippen LogP contribution < -0.4 is 0 Å². The number of hydrogen-bond donors (Lipinski definition) is 0. The Balaban J connectivity index is 1.98. The predicted octanol–water partition coefficient (Wildman–Crippen LogP) is 2.51. The van der Waals surface area contributed by atoms with E-state index < -0.39 is 10.0 Å². The fourth-order valence-corrected chi connectivity index (χ4v) is 5.45. The summed E-state index contributed by atoms with van der Waals surface area (Å²) in [7, 11) is -3.54. The second kappa shape index (κ2) is 5.19. The normalized spacial score (nSPS) is 26.9. The molecular weight excluding hydrogens is 272 g/mol.